The molecule has 1 saturated heterocycles. The Kier molecular flexibility index (Phi) is 6.31. The standard InChI is InChI=1S/C22H26N6O2S2/c1-3-17-15(2)12-18(32-17)20-24-23-19(30-20)14-31-22-26-25-21(27-9-5-4-6-10-27)28(22)13-16-8-7-11-29-16/h7-8,11-12H,3-6,9-10,13-14H2,1-2H3. The number of furan rings is 1. The number of thioether (sulfide) groups is 1. The first kappa shape index (κ1) is 21.3. The summed E-state index contributed by atoms with van der Waals surface area (Å²) in [7, 11) is 0. The Morgan fingerprint density at radius 1 is 1.12 bits per heavy atom. The zero-order chi connectivity index (χ0) is 21.9. The average Bonchev–Trinajstić information content (AvgIpc) is 3.61. The number of aryl methyl sites for hydroxylation is 2. The highest BCUT2D eigenvalue weighted by Crippen LogP contribution is 2.32. The van der Waals surface area contributed by atoms with E-state index in [-0.39, 0.29) is 0 Å². The number of hydrogen-bond acceptors (Lipinski definition) is 9. The molecule has 4 aromatic heterocycles. The minimum atomic E-state index is 0.536. The number of rotatable bonds is 8. The van der Waals surface area contributed by atoms with Crippen LogP contribution in [0.15, 0.2) is 38.5 Å². The maximum atomic E-state index is 5.95. The first-order valence-corrected chi connectivity index (χ1v) is 12.8. The molecule has 5 heterocycles. The zero-order valence-electron chi connectivity index (χ0n) is 18.3. The average molecular weight is 471 g/mol. The van der Waals surface area contributed by atoms with Crippen molar-refractivity contribution in [1.29, 1.82) is 0 Å². The molecule has 0 amide bonds. The predicted molar refractivity (Wildman–Crippen MR) is 125 cm³/mol. The summed E-state index contributed by atoms with van der Waals surface area (Å²) in [4.78, 5) is 4.69. The number of anilines is 1. The fraction of sp³-hybridized carbons (Fsp3) is 0.455. The normalized spacial score (nSPS) is 14.4. The molecule has 0 unspecified atom stereocenters. The van der Waals surface area contributed by atoms with Crippen LogP contribution in [-0.4, -0.2) is 38.1 Å². The van der Waals surface area contributed by atoms with Gasteiger partial charge < -0.3 is 13.7 Å². The molecule has 0 radical (unpaired) electrons. The molecule has 0 aliphatic carbocycles. The van der Waals surface area contributed by atoms with E-state index in [4.69, 9.17) is 8.83 Å². The first-order chi connectivity index (χ1) is 15.7. The Labute approximate surface area is 195 Å². The number of thiophene rings is 1. The van der Waals surface area contributed by atoms with Crippen molar-refractivity contribution in [3.8, 4) is 10.8 Å². The third-order valence-corrected chi connectivity index (χ3v) is 7.90. The SMILES string of the molecule is CCc1sc(-c2nnc(CSc3nnc(N4CCCCC4)n3Cc3ccco3)o2)cc1C. The second-order valence-electron chi connectivity index (χ2n) is 7.86. The van der Waals surface area contributed by atoms with Crippen LogP contribution in [0, 0.1) is 6.92 Å². The van der Waals surface area contributed by atoms with Gasteiger partial charge in [0.25, 0.3) is 5.89 Å². The molecule has 1 aliphatic rings. The van der Waals surface area contributed by atoms with Crippen molar-refractivity contribution in [2.24, 2.45) is 0 Å². The lowest BCUT2D eigenvalue weighted by molar-refractivity contribution is 0.479. The molecule has 5 rings (SSSR count). The third kappa shape index (κ3) is 4.47. The van der Waals surface area contributed by atoms with E-state index in [1.165, 1.54) is 29.7 Å². The van der Waals surface area contributed by atoms with Crippen LogP contribution < -0.4 is 4.90 Å². The number of aromatic nitrogens is 5. The molecule has 0 bridgehead atoms. The summed E-state index contributed by atoms with van der Waals surface area (Å²) in [5, 5.41) is 18.3. The molecule has 1 aliphatic heterocycles. The van der Waals surface area contributed by atoms with E-state index in [2.05, 4.69) is 49.8 Å². The maximum absolute atomic E-state index is 5.95. The number of piperidine rings is 1. The largest absolute Gasteiger partial charge is 0.467 e. The molecule has 8 nitrogen and oxygen atoms in total. The van der Waals surface area contributed by atoms with Crippen molar-refractivity contribution in [3.63, 3.8) is 0 Å². The molecule has 0 aromatic carbocycles. The van der Waals surface area contributed by atoms with Gasteiger partial charge in [-0.25, -0.2) is 0 Å². The van der Waals surface area contributed by atoms with Crippen molar-refractivity contribution in [2.75, 3.05) is 18.0 Å². The van der Waals surface area contributed by atoms with Crippen LogP contribution in [0.25, 0.3) is 10.8 Å². The Hall–Kier alpha value is -2.59. The van der Waals surface area contributed by atoms with Gasteiger partial charge in [0.1, 0.15) is 5.76 Å². The molecular weight excluding hydrogens is 444 g/mol. The van der Waals surface area contributed by atoms with Crippen LogP contribution >= 0.6 is 23.1 Å². The summed E-state index contributed by atoms with van der Waals surface area (Å²) in [6, 6.07) is 6.01. The lowest BCUT2D eigenvalue weighted by Crippen LogP contribution is -2.32. The number of nitrogens with zero attached hydrogens (tertiary/aromatic N) is 6. The molecular formula is C22H26N6O2S2. The Bertz CT molecular complexity index is 1160. The molecule has 168 valence electrons. The first-order valence-electron chi connectivity index (χ1n) is 11.0. The van der Waals surface area contributed by atoms with Crippen LogP contribution in [-0.2, 0) is 18.7 Å². The Morgan fingerprint density at radius 3 is 2.75 bits per heavy atom. The minimum Gasteiger partial charge on any atom is -0.467 e. The predicted octanol–water partition coefficient (Wildman–Crippen LogP) is 5.18. The highest BCUT2D eigenvalue weighted by atomic mass is 32.2. The van der Waals surface area contributed by atoms with Gasteiger partial charge in [0.2, 0.25) is 11.8 Å². The lowest BCUT2D eigenvalue weighted by Gasteiger charge is -2.27. The van der Waals surface area contributed by atoms with Crippen LogP contribution in [0.2, 0.25) is 0 Å². The summed E-state index contributed by atoms with van der Waals surface area (Å²) in [6.45, 7) is 6.90. The van der Waals surface area contributed by atoms with E-state index in [1.54, 1.807) is 29.4 Å². The third-order valence-electron chi connectivity index (χ3n) is 5.57. The molecule has 10 heteroatoms. The van der Waals surface area contributed by atoms with Gasteiger partial charge in [-0.3, -0.25) is 4.57 Å². The summed E-state index contributed by atoms with van der Waals surface area (Å²) in [6.07, 6.45) is 6.35. The fourth-order valence-electron chi connectivity index (χ4n) is 3.93. The highest BCUT2D eigenvalue weighted by Gasteiger charge is 2.22. The van der Waals surface area contributed by atoms with Crippen LogP contribution in [0.3, 0.4) is 0 Å². The Morgan fingerprint density at radius 2 is 2.00 bits per heavy atom. The molecule has 0 spiro atoms. The van der Waals surface area contributed by atoms with Crippen LogP contribution in [0.5, 0.6) is 0 Å². The molecule has 0 atom stereocenters. The van der Waals surface area contributed by atoms with Gasteiger partial charge in [-0.1, -0.05) is 18.7 Å². The van der Waals surface area contributed by atoms with Crippen molar-refractivity contribution in [1.82, 2.24) is 25.0 Å². The van der Waals surface area contributed by atoms with E-state index in [9.17, 15) is 0 Å². The summed E-state index contributed by atoms with van der Waals surface area (Å²) in [5.74, 6) is 3.48. The molecule has 32 heavy (non-hydrogen) atoms. The van der Waals surface area contributed by atoms with E-state index in [0.29, 0.717) is 24.1 Å². The quantitative estimate of drug-likeness (QED) is 0.325. The lowest BCUT2D eigenvalue weighted by atomic mass is 10.1. The molecule has 0 N–H and O–H groups in total. The smallest absolute Gasteiger partial charge is 0.257 e. The van der Waals surface area contributed by atoms with Crippen LogP contribution in [0.1, 0.15) is 48.3 Å². The van der Waals surface area contributed by atoms with Crippen molar-refractivity contribution < 1.29 is 8.83 Å². The van der Waals surface area contributed by atoms with Gasteiger partial charge in [-0.2, -0.15) is 0 Å². The Balaban J connectivity index is 1.33. The fourth-order valence-corrected chi connectivity index (χ4v) is 5.73. The second kappa shape index (κ2) is 9.50. The van der Waals surface area contributed by atoms with Gasteiger partial charge in [0.05, 0.1) is 23.4 Å². The summed E-state index contributed by atoms with van der Waals surface area (Å²) in [5.41, 5.74) is 1.28. The van der Waals surface area contributed by atoms with Crippen LogP contribution in [0.4, 0.5) is 5.95 Å². The van der Waals surface area contributed by atoms with Gasteiger partial charge in [-0.05, 0) is 56.4 Å². The maximum Gasteiger partial charge on any atom is 0.257 e. The zero-order valence-corrected chi connectivity index (χ0v) is 19.9. The monoisotopic (exact) mass is 470 g/mol. The molecule has 1 fully saturated rings. The van der Waals surface area contributed by atoms with E-state index < -0.39 is 0 Å². The summed E-state index contributed by atoms with van der Waals surface area (Å²) >= 11 is 3.27. The van der Waals surface area contributed by atoms with Gasteiger partial charge in [-0.15, -0.1) is 31.7 Å². The number of hydrogen-bond donors (Lipinski definition) is 0. The van der Waals surface area contributed by atoms with Crippen molar-refractivity contribution in [3.05, 3.63) is 46.6 Å². The summed E-state index contributed by atoms with van der Waals surface area (Å²) < 4.78 is 13.7. The van der Waals surface area contributed by atoms with Gasteiger partial charge in [0.15, 0.2) is 5.16 Å². The van der Waals surface area contributed by atoms with Gasteiger partial charge >= 0.3 is 0 Å². The van der Waals surface area contributed by atoms with E-state index in [1.807, 2.05) is 12.1 Å². The van der Waals surface area contributed by atoms with Gasteiger partial charge in [0, 0.05) is 18.0 Å². The van der Waals surface area contributed by atoms with E-state index in [0.717, 1.165) is 41.3 Å². The van der Waals surface area contributed by atoms with Crippen molar-refractivity contribution in [2.45, 2.75) is 57.0 Å². The highest BCUT2D eigenvalue weighted by molar-refractivity contribution is 7.98. The molecule has 0 saturated carbocycles. The van der Waals surface area contributed by atoms with Crippen molar-refractivity contribution >= 4 is 29.0 Å². The topological polar surface area (TPSA) is 86.0 Å². The van der Waals surface area contributed by atoms with E-state index >= 15 is 0 Å². The second-order valence-corrected chi connectivity index (χ2v) is 9.94. The minimum absolute atomic E-state index is 0.536. The molecule has 4 aromatic rings.